The summed E-state index contributed by atoms with van der Waals surface area (Å²) < 4.78 is 7.08. The van der Waals surface area contributed by atoms with Crippen LogP contribution in [0.25, 0.3) is 33.5 Å². The molecule has 3 heterocycles. The molecule has 0 fully saturated rings. The van der Waals surface area contributed by atoms with E-state index in [-0.39, 0.29) is 5.56 Å². The third-order valence-corrected chi connectivity index (χ3v) is 5.75. The van der Waals surface area contributed by atoms with Crippen LogP contribution in [0.5, 0.6) is 0 Å². The van der Waals surface area contributed by atoms with Gasteiger partial charge in [-0.05, 0) is 73.5 Å². The Bertz CT molecular complexity index is 1550. The number of nitrogens with one attached hydrogen (secondary N) is 1. The maximum Gasteiger partial charge on any atom is 0.268 e. The van der Waals surface area contributed by atoms with Crippen molar-refractivity contribution in [3.8, 4) is 22.6 Å². The Labute approximate surface area is 190 Å². The van der Waals surface area contributed by atoms with Gasteiger partial charge in [0.1, 0.15) is 0 Å². The Kier molecular flexibility index (Phi) is 5.01. The molecule has 0 aliphatic carbocycles. The number of anilines is 2. The summed E-state index contributed by atoms with van der Waals surface area (Å²) in [4.78, 5) is 22.0. The Balaban J connectivity index is 1.51. The summed E-state index contributed by atoms with van der Waals surface area (Å²) in [6.45, 7) is 5.93. The molecule has 3 aromatic heterocycles. The van der Waals surface area contributed by atoms with Crippen LogP contribution < -0.4 is 10.9 Å². The van der Waals surface area contributed by atoms with E-state index in [2.05, 4.69) is 20.4 Å². The highest BCUT2D eigenvalue weighted by Crippen LogP contribution is 2.28. The van der Waals surface area contributed by atoms with E-state index < -0.39 is 0 Å². The number of pyridine rings is 2. The van der Waals surface area contributed by atoms with Crippen molar-refractivity contribution in [3.05, 3.63) is 88.0 Å². The molecule has 7 heteroatoms. The SMILES string of the molecule is Cc1ccc(-c2nc(Nc3ccc(C)c(-c4cc5cnc(C)cc5n(C)c4=O)c3)no2)cc1. The monoisotopic (exact) mass is 437 g/mol. The van der Waals surface area contributed by atoms with Gasteiger partial charge in [-0.1, -0.05) is 23.8 Å². The second-order valence-corrected chi connectivity index (χ2v) is 8.25. The molecule has 164 valence electrons. The number of hydrogen-bond donors (Lipinski definition) is 1. The smallest absolute Gasteiger partial charge is 0.268 e. The zero-order valence-corrected chi connectivity index (χ0v) is 18.9. The summed E-state index contributed by atoms with van der Waals surface area (Å²) in [5.41, 5.74) is 6.90. The van der Waals surface area contributed by atoms with Gasteiger partial charge >= 0.3 is 0 Å². The van der Waals surface area contributed by atoms with Crippen LogP contribution in [0.1, 0.15) is 16.8 Å². The van der Waals surface area contributed by atoms with E-state index in [9.17, 15) is 4.79 Å². The molecule has 0 atom stereocenters. The van der Waals surface area contributed by atoms with Crippen molar-refractivity contribution < 1.29 is 4.52 Å². The lowest BCUT2D eigenvalue weighted by molar-refractivity contribution is 0.433. The van der Waals surface area contributed by atoms with Gasteiger partial charge in [-0.15, -0.1) is 0 Å². The average Bonchev–Trinajstić information content (AvgIpc) is 3.27. The van der Waals surface area contributed by atoms with Crippen molar-refractivity contribution >= 4 is 22.5 Å². The van der Waals surface area contributed by atoms with Crippen LogP contribution in [0.3, 0.4) is 0 Å². The summed E-state index contributed by atoms with van der Waals surface area (Å²) in [7, 11) is 1.79. The first-order chi connectivity index (χ1) is 15.9. The first kappa shape index (κ1) is 20.6. The number of rotatable bonds is 4. The minimum atomic E-state index is -0.0606. The Morgan fingerprint density at radius 2 is 1.73 bits per heavy atom. The maximum atomic E-state index is 13.2. The van der Waals surface area contributed by atoms with Gasteiger partial charge in [0.15, 0.2) is 0 Å². The molecule has 0 saturated carbocycles. The summed E-state index contributed by atoms with van der Waals surface area (Å²) >= 11 is 0. The lowest BCUT2D eigenvalue weighted by atomic mass is 9.99. The molecule has 0 amide bonds. The highest BCUT2D eigenvalue weighted by molar-refractivity contribution is 5.85. The summed E-state index contributed by atoms with van der Waals surface area (Å²) in [5, 5.41) is 8.14. The van der Waals surface area contributed by atoms with Gasteiger partial charge in [0.2, 0.25) is 0 Å². The highest BCUT2D eigenvalue weighted by atomic mass is 16.5. The van der Waals surface area contributed by atoms with Crippen molar-refractivity contribution in [2.24, 2.45) is 7.05 Å². The van der Waals surface area contributed by atoms with Crippen molar-refractivity contribution in [3.63, 3.8) is 0 Å². The Morgan fingerprint density at radius 3 is 2.52 bits per heavy atom. The minimum absolute atomic E-state index is 0.0606. The number of nitrogens with zero attached hydrogens (tertiary/aromatic N) is 4. The predicted molar refractivity (Wildman–Crippen MR) is 130 cm³/mol. The molecule has 0 aliphatic heterocycles. The van der Waals surface area contributed by atoms with Gasteiger partial charge in [-0.3, -0.25) is 9.78 Å². The van der Waals surface area contributed by atoms with Crippen LogP contribution in [0.2, 0.25) is 0 Å². The largest absolute Gasteiger partial charge is 0.332 e. The third-order valence-electron chi connectivity index (χ3n) is 5.75. The Hall–Kier alpha value is -4.26. The van der Waals surface area contributed by atoms with E-state index in [1.807, 2.05) is 75.4 Å². The van der Waals surface area contributed by atoms with E-state index >= 15 is 0 Å². The third kappa shape index (κ3) is 3.89. The molecule has 0 unspecified atom stereocenters. The quantitative estimate of drug-likeness (QED) is 0.410. The molecule has 0 radical (unpaired) electrons. The average molecular weight is 438 g/mol. The lowest BCUT2D eigenvalue weighted by Gasteiger charge is -2.12. The number of aryl methyl sites for hydroxylation is 4. The molecule has 0 spiro atoms. The molecule has 2 aromatic carbocycles. The maximum absolute atomic E-state index is 13.2. The van der Waals surface area contributed by atoms with E-state index in [1.165, 1.54) is 0 Å². The summed E-state index contributed by atoms with van der Waals surface area (Å²) in [5.74, 6) is 0.794. The predicted octanol–water partition coefficient (Wildman–Crippen LogP) is 5.32. The zero-order valence-electron chi connectivity index (χ0n) is 18.9. The van der Waals surface area contributed by atoms with E-state index in [4.69, 9.17) is 4.52 Å². The lowest BCUT2D eigenvalue weighted by Crippen LogP contribution is -2.19. The van der Waals surface area contributed by atoms with Crippen molar-refractivity contribution in [2.45, 2.75) is 20.8 Å². The normalized spacial score (nSPS) is 11.2. The van der Waals surface area contributed by atoms with Gasteiger partial charge in [0.25, 0.3) is 17.4 Å². The number of hydrogen-bond acceptors (Lipinski definition) is 6. The number of benzene rings is 2. The zero-order chi connectivity index (χ0) is 23.1. The molecule has 5 rings (SSSR count). The van der Waals surface area contributed by atoms with Gasteiger partial charge in [0, 0.05) is 41.1 Å². The van der Waals surface area contributed by atoms with Crippen molar-refractivity contribution in [1.29, 1.82) is 0 Å². The fraction of sp³-hybridized carbons (Fsp3) is 0.154. The first-order valence-electron chi connectivity index (χ1n) is 10.6. The van der Waals surface area contributed by atoms with Gasteiger partial charge in [-0.2, -0.15) is 4.98 Å². The van der Waals surface area contributed by atoms with E-state index in [1.54, 1.807) is 17.8 Å². The van der Waals surface area contributed by atoms with Gasteiger partial charge in [-0.25, -0.2) is 0 Å². The molecule has 0 bridgehead atoms. The number of aromatic nitrogens is 4. The molecule has 5 aromatic rings. The highest BCUT2D eigenvalue weighted by Gasteiger charge is 2.14. The van der Waals surface area contributed by atoms with Crippen LogP contribution in [-0.2, 0) is 7.05 Å². The van der Waals surface area contributed by atoms with Crippen LogP contribution in [0.4, 0.5) is 11.6 Å². The second-order valence-electron chi connectivity index (χ2n) is 8.25. The summed E-state index contributed by atoms with van der Waals surface area (Å²) in [6.07, 6.45) is 1.80. The summed E-state index contributed by atoms with van der Waals surface area (Å²) in [6, 6.07) is 17.5. The molecule has 0 aliphatic rings. The fourth-order valence-corrected chi connectivity index (χ4v) is 3.86. The second kappa shape index (κ2) is 8.02. The van der Waals surface area contributed by atoms with Crippen LogP contribution in [0, 0.1) is 20.8 Å². The van der Waals surface area contributed by atoms with Crippen molar-refractivity contribution in [2.75, 3.05) is 5.32 Å². The molecular weight excluding hydrogens is 414 g/mol. The van der Waals surface area contributed by atoms with Crippen molar-refractivity contribution in [1.82, 2.24) is 19.7 Å². The molecule has 1 N–H and O–H groups in total. The fourth-order valence-electron chi connectivity index (χ4n) is 3.86. The first-order valence-corrected chi connectivity index (χ1v) is 10.6. The van der Waals surface area contributed by atoms with E-state index in [0.717, 1.165) is 44.5 Å². The molecular formula is C26H23N5O2. The topological polar surface area (TPSA) is 85.8 Å². The number of fused-ring (bicyclic) bond motifs is 1. The Morgan fingerprint density at radius 1 is 0.939 bits per heavy atom. The molecule has 0 saturated heterocycles. The van der Waals surface area contributed by atoms with Crippen LogP contribution >= 0.6 is 0 Å². The standard InChI is InChI=1S/C26H23N5O2/c1-15-5-8-18(9-6-15)24-29-26(30-33-24)28-20-10-7-16(2)21(13-20)22-12-19-14-27-17(3)11-23(19)31(4)25(22)32/h5-14H,1-4H3,(H,28,30). The molecule has 7 nitrogen and oxygen atoms in total. The van der Waals surface area contributed by atoms with Crippen LogP contribution in [0.15, 0.2) is 70.1 Å². The van der Waals surface area contributed by atoms with Crippen LogP contribution in [-0.4, -0.2) is 19.7 Å². The molecule has 33 heavy (non-hydrogen) atoms. The minimum Gasteiger partial charge on any atom is -0.332 e. The van der Waals surface area contributed by atoms with E-state index in [0.29, 0.717) is 17.4 Å². The van der Waals surface area contributed by atoms with Gasteiger partial charge in [0.05, 0.1) is 5.52 Å². The van der Waals surface area contributed by atoms with Gasteiger partial charge < -0.3 is 14.4 Å².